The molecule has 0 aromatic carbocycles. The van der Waals surface area contributed by atoms with Crippen molar-refractivity contribution in [3.63, 3.8) is 0 Å². The van der Waals surface area contributed by atoms with E-state index >= 15 is 0 Å². The van der Waals surface area contributed by atoms with Gasteiger partial charge in [-0.05, 0) is 18.2 Å². The van der Waals surface area contributed by atoms with Crippen molar-refractivity contribution in [1.29, 1.82) is 0 Å². The predicted octanol–water partition coefficient (Wildman–Crippen LogP) is 1.98. The highest BCUT2D eigenvalue weighted by molar-refractivity contribution is 5.85. The molecule has 0 aliphatic carbocycles. The molecule has 0 fully saturated rings. The average Bonchev–Trinajstić information content (AvgIpc) is 2.30. The van der Waals surface area contributed by atoms with Crippen molar-refractivity contribution >= 4 is 5.97 Å². The van der Waals surface area contributed by atoms with Crippen LogP contribution in [0.3, 0.4) is 0 Å². The van der Waals surface area contributed by atoms with Crippen molar-refractivity contribution in [2.45, 2.75) is 0 Å². The van der Waals surface area contributed by atoms with Crippen molar-refractivity contribution in [2.24, 2.45) is 0 Å². The molecular formula is C11H7FN2O2. The van der Waals surface area contributed by atoms with E-state index in [0.29, 0.717) is 11.1 Å². The van der Waals surface area contributed by atoms with Gasteiger partial charge >= 0.3 is 5.97 Å². The first-order valence-electron chi connectivity index (χ1n) is 4.48. The smallest absolute Gasteiger partial charge is 0.354 e. The normalized spacial score (nSPS) is 10.1. The molecule has 0 radical (unpaired) electrons. The number of rotatable bonds is 2. The van der Waals surface area contributed by atoms with Gasteiger partial charge in [-0.25, -0.2) is 14.8 Å². The first kappa shape index (κ1) is 10.2. The van der Waals surface area contributed by atoms with Gasteiger partial charge in [0.15, 0.2) is 0 Å². The molecule has 0 saturated heterocycles. The van der Waals surface area contributed by atoms with Crippen molar-refractivity contribution < 1.29 is 14.3 Å². The molecule has 2 aromatic rings. The van der Waals surface area contributed by atoms with E-state index in [1.54, 1.807) is 12.1 Å². The number of halogens is 1. The van der Waals surface area contributed by atoms with E-state index in [-0.39, 0.29) is 5.69 Å². The largest absolute Gasteiger partial charge is 0.477 e. The number of aromatic carboxylic acids is 1. The predicted molar refractivity (Wildman–Crippen MR) is 54.4 cm³/mol. The highest BCUT2D eigenvalue weighted by Crippen LogP contribution is 2.17. The summed E-state index contributed by atoms with van der Waals surface area (Å²) in [6, 6.07) is 5.78. The zero-order valence-electron chi connectivity index (χ0n) is 8.09. The zero-order valence-corrected chi connectivity index (χ0v) is 8.09. The Morgan fingerprint density at radius 1 is 1.06 bits per heavy atom. The van der Waals surface area contributed by atoms with Crippen LogP contribution in [0.5, 0.6) is 0 Å². The van der Waals surface area contributed by atoms with Gasteiger partial charge < -0.3 is 5.11 Å². The molecule has 1 N–H and O–H groups in total. The van der Waals surface area contributed by atoms with Crippen LogP contribution in [0.2, 0.25) is 0 Å². The number of nitrogens with zero attached hydrogens (tertiary/aromatic N) is 2. The molecule has 0 atom stereocenters. The standard InChI is InChI=1S/C11H7FN2O2/c12-10-4-2-8(6-14-10)7-1-3-9(11(15)16)13-5-7/h1-6H,(H,15,16). The Morgan fingerprint density at radius 2 is 1.69 bits per heavy atom. The van der Waals surface area contributed by atoms with Gasteiger partial charge in [0.1, 0.15) is 5.69 Å². The Morgan fingerprint density at radius 3 is 2.12 bits per heavy atom. The van der Waals surface area contributed by atoms with Crippen molar-refractivity contribution in [3.8, 4) is 11.1 Å². The molecule has 80 valence electrons. The van der Waals surface area contributed by atoms with E-state index in [1.807, 2.05) is 0 Å². The van der Waals surface area contributed by atoms with Crippen LogP contribution in [0.1, 0.15) is 10.5 Å². The van der Waals surface area contributed by atoms with Gasteiger partial charge in [-0.2, -0.15) is 4.39 Å². The van der Waals surface area contributed by atoms with E-state index in [9.17, 15) is 9.18 Å². The maximum Gasteiger partial charge on any atom is 0.354 e. The van der Waals surface area contributed by atoms with Crippen molar-refractivity contribution in [1.82, 2.24) is 9.97 Å². The Kier molecular flexibility index (Phi) is 2.59. The number of carbonyl (C=O) groups is 1. The molecule has 0 bridgehead atoms. The molecule has 0 spiro atoms. The lowest BCUT2D eigenvalue weighted by Crippen LogP contribution is -1.99. The third-order valence-corrected chi connectivity index (χ3v) is 2.04. The van der Waals surface area contributed by atoms with Gasteiger partial charge in [0.2, 0.25) is 5.95 Å². The number of hydrogen-bond acceptors (Lipinski definition) is 3. The summed E-state index contributed by atoms with van der Waals surface area (Å²) in [7, 11) is 0. The van der Waals surface area contributed by atoms with E-state index in [1.165, 1.54) is 24.5 Å². The summed E-state index contributed by atoms with van der Waals surface area (Å²) >= 11 is 0. The molecule has 0 unspecified atom stereocenters. The fourth-order valence-corrected chi connectivity index (χ4v) is 1.24. The highest BCUT2D eigenvalue weighted by atomic mass is 19.1. The van der Waals surface area contributed by atoms with Crippen LogP contribution < -0.4 is 0 Å². The van der Waals surface area contributed by atoms with Crippen molar-refractivity contribution in [2.75, 3.05) is 0 Å². The molecule has 4 nitrogen and oxygen atoms in total. The summed E-state index contributed by atoms with van der Waals surface area (Å²) in [5.41, 5.74) is 1.35. The molecule has 0 aliphatic rings. The molecule has 0 aliphatic heterocycles. The molecular weight excluding hydrogens is 211 g/mol. The van der Waals surface area contributed by atoms with Gasteiger partial charge in [-0.3, -0.25) is 0 Å². The minimum absolute atomic E-state index is 0.0289. The van der Waals surface area contributed by atoms with Crippen LogP contribution in [-0.2, 0) is 0 Å². The maximum absolute atomic E-state index is 12.6. The first-order valence-corrected chi connectivity index (χ1v) is 4.48. The Bertz CT molecular complexity index is 509. The molecule has 0 saturated carbocycles. The van der Waals surface area contributed by atoms with E-state index in [4.69, 9.17) is 5.11 Å². The number of pyridine rings is 2. The summed E-state index contributed by atoms with van der Waals surface area (Å²) in [6.45, 7) is 0. The minimum Gasteiger partial charge on any atom is -0.477 e. The third-order valence-electron chi connectivity index (χ3n) is 2.04. The topological polar surface area (TPSA) is 63.1 Å². The summed E-state index contributed by atoms with van der Waals surface area (Å²) in [5, 5.41) is 8.66. The van der Waals surface area contributed by atoms with E-state index in [0.717, 1.165) is 0 Å². The molecule has 16 heavy (non-hydrogen) atoms. The Labute approximate surface area is 90.4 Å². The molecule has 5 heteroatoms. The quantitative estimate of drug-likeness (QED) is 0.783. The fourth-order valence-electron chi connectivity index (χ4n) is 1.24. The lowest BCUT2D eigenvalue weighted by Gasteiger charge is -2.00. The summed E-state index contributed by atoms with van der Waals surface area (Å²) in [6.07, 6.45) is 2.78. The number of carboxylic acid groups (broad SMARTS) is 1. The van der Waals surface area contributed by atoms with Gasteiger partial charge in [-0.1, -0.05) is 6.07 Å². The highest BCUT2D eigenvalue weighted by Gasteiger charge is 2.04. The Hall–Kier alpha value is -2.30. The average molecular weight is 218 g/mol. The van der Waals surface area contributed by atoms with Gasteiger partial charge in [0.25, 0.3) is 0 Å². The Balaban J connectivity index is 2.34. The van der Waals surface area contributed by atoms with Crippen LogP contribution in [0.4, 0.5) is 4.39 Å². The second kappa shape index (κ2) is 4.06. The minimum atomic E-state index is -1.08. The SMILES string of the molecule is O=C(O)c1ccc(-c2ccc(F)nc2)cn1. The second-order valence-electron chi connectivity index (χ2n) is 3.11. The lowest BCUT2D eigenvalue weighted by atomic mass is 10.1. The second-order valence-corrected chi connectivity index (χ2v) is 3.11. The maximum atomic E-state index is 12.6. The molecule has 2 heterocycles. The third kappa shape index (κ3) is 2.03. The number of hydrogen-bond donors (Lipinski definition) is 1. The summed E-state index contributed by atoms with van der Waals surface area (Å²) < 4.78 is 12.6. The summed E-state index contributed by atoms with van der Waals surface area (Å²) in [5.74, 6) is -1.64. The lowest BCUT2D eigenvalue weighted by molar-refractivity contribution is 0.0690. The van der Waals surface area contributed by atoms with Crippen LogP contribution in [0.15, 0.2) is 36.7 Å². The van der Waals surface area contributed by atoms with Gasteiger partial charge in [0.05, 0.1) is 0 Å². The number of carboxylic acids is 1. The zero-order chi connectivity index (χ0) is 11.5. The summed E-state index contributed by atoms with van der Waals surface area (Å²) in [4.78, 5) is 17.8. The van der Waals surface area contributed by atoms with E-state index < -0.39 is 11.9 Å². The van der Waals surface area contributed by atoms with Crippen LogP contribution in [-0.4, -0.2) is 21.0 Å². The van der Waals surface area contributed by atoms with Crippen molar-refractivity contribution in [3.05, 3.63) is 48.3 Å². The fraction of sp³-hybridized carbons (Fsp3) is 0. The van der Waals surface area contributed by atoms with Crippen LogP contribution >= 0.6 is 0 Å². The van der Waals surface area contributed by atoms with E-state index in [2.05, 4.69) is 9.97 Å². The van der Waals surface area contributed by atoms with Gasteiger partial charge in [0, 0.05) is 23.5 Å². The number of aromatic nitrogens is 2. The monoisotopic (exact) mass is 218 g/mol. The molecule has 2 rings (SSSR count). The van der Waals surface area contributed by atoms with Gasteiger partial charge in [-0.15, -0.1) is 0 Å². The van der Waals surface area contributed by atoms with Crippen LogP contribution in [0.25, 0.3) is 11.1 Å². The molecule has 0 amide bonds. The first-order chi connectivity index (χ1) is 7.66. The van der Waals surface area contributed by atoms with Crippen LogP contribution in [0, 0.1) is 5.95 Å². The molecule has 2 aromatic heterocycles.